The number of carbonyl (C=O) groups is 3. The topological polar surface area (TPSA) is 155 Å². The largest absolute Gasteiger partial charge is 0.478 e. The van der Waals surface area contributed by atoms with E-state index in [1.165, 1.54) is 19.3 Å². The summed E-state index contributed by atoms with van der Waals surface area (Å²) in [5, 5.41) is 30.1. The summed E-state index contributed by atoms with van der Waals surface area (Å²) in [5.41, 5.74) is 4.34. The first-order chi connectivity index (χ1) is 21.4. The molecule has 12 nitrogen and oxygen atoms in total. The molecule has 232 valence electrons. The molecule has 1 fully saturated rings. The third-order valence-electron chi connectivity index (χ3n) is 6.74. The van der Waals surface area contributed by atoms with Gasteiger partial charge in [-0.3, -0.25) is 10.0 Å². The molecule has 0 atom stereocenters. The predicted octanol–water partition coefficient (Wildman–Crippen LogP) is 5.12. The van der Waals surface area contributed by atoms with E-state index in [4.69, 9.17) is 19.7 Å². The maximum absolute atomic E-state index is 12.2. The van der Waals surface area contributed by atoms with Gasteiger partial charge in [-0.25, -0.2) is 24.1 Å². The number of nitrogens with zero attached hydrogens (tertiary/aromatic N) is 2. The third-order valence-corrected chi connectivity index (χ3v) is 6.74. The van der Waals surface area contributed by atoms with Crippen LogP contribution >= 0.6 is 0 Å². The molecule has 0 unspecified atom stereocenters. The van der Waals surface area contributed by atoms with Crippen LogP contribution in [0.2, 0.25) is 0 Å². The minimum atomic E-state index is -1.17. The Hall–Kier alpha value is -5.21. The Kier molecular flexibility index (Phi) is 10.2. The van der Waals surface area contributed by atoms with E-state index < -0.39 is 24.2 Å². The van der Waals surface area contributed by atoms with Gasteiger partial charge < -0.3 is 15.1 Å². The summed E-state index contributed by atoms with van der Waals surface area (Å²) in [6.45, 7) is 9.37. The summed E-state index contributed by atoms with van der Waals surface area (Å²) < 4.78 is 0. The van der Waals surface area contributed by atoms with E-state index in [1.807, 2.05) is 0 Å². The third kappa shape index (κ3) is 7.85. The molecule has 0 saturated carbocycles. The predicted molar refractivity (Wildman–Crippen MR) is 164 cm³/mol. The highest BCUT2D eigenvalue weighted by molar-refractivity contribution is 6.22. The monoisotopic (exact) mass is 614 g/mol. The second kappa shape index (κ2) is 14.1. The summed E-state index contributed by atoms with van der Waals surface area (Å²) in [4.78, 5) is 56.2. The van der Waals surface area contributed by atoms with Crippen molar-refractivity contribution in [2.45, 2.75) is 13.2 Å². The first-order valence-electron chi connectivity index (χ1n) is 13.3. The van der Waals surface area contributed by atoms with Crippen LogP contribution in [0.5, 0.6) is 0 Å². The SMILES string of the molecule is C=C(C(=O)ON(C)O)c1ccc(C=C(C(=O)O)c2ccc(C=C(C(=O)O)c3ccc(C(=C)C4ON(OC)O4)cc3)c(C)c2)cc1. The smallest absolute Gasteiger partial charge is 0.359 e. The van der Waals surface area contributed by atoms with E-state index in [-0.39, 0.29) is 21.9 Å². The zero-order chi connectivity index (χ0) is 32.8. The van der Waals surface area contributed by atoms with Crippen LogP contribution in [-0.2, 0) is 33.7 Å². The van der Waals surface area contributed by atoms with Gasteiger partial charge in [0.25, 0.3) is 0 Å². The summed E-state index contributed by atoms with van der Waals surface area (Å²) in [6, 6.07) is 18.0. The van der Waals surface area contributed by atoms with E-state index in [2.05, 4.69) is 18.0 Å². The van der Waals surface area contributed by atoms with Gasteiger partial charge >= 0.3 is 17.9 Å². The first-order valence-corrected chi connectivity index (χ1v) is 13.3. The number of hydrogen-bond acceptors (Lipinski definition) is 10. The highest BCUT2D eigenvalue weighted by atomic mass is 17.3. The average Bonchev–Trinajstić information content (AvgIpc) is 2.98. The molecule has 1 heterocycles. The van der Waals surface area contributed by atoms with Gasteiger partial charge in [-0.2, -0.15) is 0 Å². The Labute approximate surface area is 258 Å². The van der Waals surface area contributed by atoms with Crippen molar-refractivity contribution in [3.8, 4) is 0 Å². The molecule has 0 spiro atoms. The van der Waals surface area contributed by atoms with E-state index in [1.54, 1.807) is 73.7 Å². The first kappa shape index (κ1) is 32.7. The molecule has 4 rings (SSSR count). The van der Waals surface area contributed by atoms with Crippen LogP contribution in [0.25, 0.3) is 34.4 Å². The van der Waals surface area contributed by atoms with Crippen LogP contribution in [0.4, 0.5) is 0 Å². The zero-order valence-corrected chi connectivity index (χ0v) is 24.6. The van der Waals surface area contributed by atoms with Crippen molar-refractivity contribution in [3.63, 3.8) is 0 Å². The Morgan fingerprint density at radius 1 is 0.844 bits per heavy atom. The highest BCUT2D eigenvalue weighted by Gasteiger charge is 2.33. The minimum absolute atomic E-state index is 0.00292. The number of aliphatic carboxylic acids is 2. The van der Waals surface area contributed by atoms with Crippen LogP contribution in [0.3, 0.4) is 0 Å². The Morgan fingerprint density at radius 3 is 1.91 bits per heavy atom. The number of hydrogen-bond donors (Lipinski definition) is 3. The summed E-state index contributed by atoms with van der Waals surface area (Å²) in [6.07, 6.45) is 2.28. The summed E-state index contributed by atoms with van der Waals surface area (Å²) in [5.74, 6) is -3.15. The lowest BCUT2D eigenvalue weighted by molar-refractivity contribution is -0.654. The standard InChI is InChI=1S/C33H30N2O10/c1-19-16-27(28(30(36)37)17-22-6-8-23(9-7-22)20(2)32(40)43-34(4)41)15-14-26(19)18-29(31(38)39)25-12-10-24(11-13-25)21(3)33-44-35(42-5)45-33/h6-18,33,41H,2-3H2,1,4-5H3,(H,36,37)(H,38,39). The summed E-state index contributed by atoms with van der Waals surface area (Å²) >= 11 is 0. The molecule has 3 aromatic rings. The second-order valence-corrected chi connectivity index (χ2v) is 9.79. The van der Waals surface area contributed by atoms with Crippen LogP contribution in [0.15, 0.2) is 79.9 Å². The van der Waals surface area contributed by atoms with Crippen LogP contribution in [-0.4, -0.2) is 64.4 Å². The van der Waals surface area contributed by atoms with E-state index in [0.717, 1.165) is 12.4 Å². The zero-order valence-electron chi connectivity index (χ0n) is 24.6. The number of benzene rings is 3. The van der Waals surface area contributed by atoms with Crippen molar-refractivity contribution < 1.29 is 49.2 Å². The molecule has 0 amide bonds. The van der Waals surface area contributed by atoms with Crippen molar-refractivity contribution in [1.82, 2.24) is 10.6 Å². The van der Waals surface area contributed by atoms with Gasteiger partial charge in [0, 0.05) is 5.57 Å². The number of aryl methyl sites for hydroxylation is 1. The Bertz CT molecular complexity index is 1700. The van der Waals surface area contributed by atoms with Gasteiger partial charge in [0.1, 0.15) is 0 Å². The molecular weight excluding hydrogens is 584 g/mol. The molecule has 3 N–H and O–H groups in total. The second-order valence-electron chi connectivity index (χ2n) is 9.79. The number of rotatable bonds is 12. The van der Waals surface area contributed by atoms with Crippen molar-refractivity contribution in [1.29, 1.82) is 0 Å². The van der Waals surface area contributed by atoms with E-state index >= 15 is 0 Å². The normalized spacial score (nSPS) is 14.2. The molecule has 0 aliphatic carbocycles. The van der Waals surface area contributed by atoms with Crippen molar-refractivity contribution in [2.24, 2.45) is 0 Å². The van der Waals surface area contributed by atoms with Gasteiger partial charge in [-0.05, 0) is 63.2 Å². The van der Waals surface area contributed by atoms with Crippen LogP contribution < -0.4 is 0 Å². The molecule has 0 bridgehead atoms. The molecule has 0 radical (unpaired) electrons. The summed E-state index contributed by atoms with van der Waals surface area (Å²) in [7, 11) is 2.52. The number of carboxylic acid groups (broad SMARTS) is 2. The maximum Gasteiger partial charge on any atom is 0.359 e. The lowest BCUT2D eigenvalue weighted by Crippen LogP contribution is -2.45. The van der Waals surface area contributed by atoms with Gasteiger partial charge in [0.15, 0.2) is 0 Å². The van der Waals surface area contributed by atoms with Crippen molar-refractivity contribution in [3.05, 3.63) is 119 Å². The van der Waals surface area contributed by atoms with Gasteiger partial charge in [-0.15, -0.1) is 0 Å². The van der Waals surface area contributed by atoms with Gasteiger partial charge in [0.2, 0.25) is 6.29 Å². The maximum atomic E-state index is 12.2. The fourth-order valence-electron chi connectivity index (χ4n) is 4.32. The molecular formula is C33H30N2O10. The average molecular weight is 615 g/mol. The Morgan fingerprint density at radius 2 is 1.38 bits per heavy atom. The molecule has 0 aromatic heterocycles. The fourth-order valence-corrected chi connectivity index (χ4v) is 4.32. The number of hydroxylamine groups is 2. The Balaban J connectivity index is 1.55. The van der Waals surface area contributed by atoms with Crippen LogP contribution in [0, 0.1) is 6.92 Å². The fraction of sp³-hybridized carbons (Fsp3) is 0.121. The molecule has 45 heavy (non-hydrogen) atoms. The highest BCUT2D eigenvalue weighted by Crippen LogP contribution is 2.30. The minimum Gasteiger partial charge on any atom is -0.478 e. The van der Waals surface area contributed by atoms with E-state index in [0.29, 0.717) is 44.5 Å². The molecule has 3 aromatic carbocycles. The quantitative estimate of drug-likeness (QED) is 0.141. The number of carboxylic acids is 2. The molecule has 1 aliphatic heterocycles. The lowest BCUT2D eigenvalue weighted by Gasteiger charge is -2.34. The van der Waals surface area contributed by atoms with Gasteiger partial charge in [-0.1, -0.05) is 79.9 Å². The van der Waals surface area contributed by atoms with Crippen molar-refractivity contribution >= 4 is 52.4 Å². The molecule has 1 aliphatic rings. The number of carbonyl (C=O) groups excluding carboxylic acids is 1. The van der Waals surface area contributed by atoms with Gasteiger partial charge in [0.05, 0.1) is 36.3 Å². The molecule has 12 heteroatoms. The lowest BCUT2D eigenvalue weighted by atomic mass is 9.95. The molecule has 1 saturated heterocycles. The van der Waals surface area contributed by atoms with E-state index in [9.17, 15) is 24.6 Å². The van der Waals surface area contributed by atoms with Crippen molar-refractivity contribution in [2.75, 3.05) is 14.2 Å². The van der Waals surface area contributed by atoms with Crippen LogP contribution in [0.1, 0.15) is 38.9 Å².